The Morgan fingerprint density at radius 1 is 1.16 bits per heavy atom. The van der Waals surface area contributed by atoms with Crippen molar-refractivity contribution in [2.75, 3.05) is 17.8 Å². The Morgan fingerprint density at radius 3 is 2.58 bits per heavy atom. The van der Waals surface area contributed by atoms with Crippen molar-refractivity contribution in [3.8, 4) is 0 Å². The highest BCUT2D eigenvalue weighted by molar-refractivity contribution is 7.93. The SMILES string of the molecule is O=C(c1ccc(S(=O)(=O)Nc2nccs2)cc1)N1CCCC(Cc2ccc(F)cc2)C1. The molecule has 1 saturated heterocycles. The van der Waals surface area contributed by atoms with Gasteiger partial charge in [0.15, 0.2) is 5.13 Å². The highest BCUT2D eigenvalue weighted by atomic mass is 32.2. The monoisotopic (exact) mass is 459 g/mol. The summed E-state index contributed by atoms with van der Waals surface area (Å²) in [5, 5.41) is 1.97. The molecular formula is C22H22FN3O3S2. The van der Waals surface area contributed by atoms with Crippen molar-refractivity contribution in [2.45, 2.75) is 24.2 Å². The zero-order chi connectivity index (χ0) is 21.8. The predicted molar refractivity (Wildman–Crippen MR) is 118 cm³/mol. The molecule has 1 fully saturated rings. The van der Waals surface area contributed by atoms with Crippen molar-refractivity contribution in [1.82, 2.24) is 9.88 Å². The van der Waals surface area contributed by atoms with Gasteiger partial charge in [-0.25, -0.2) is 17.8 Å². The van der Waals surface area contributed by atoms with E-state index < -0.39 is 10.0 Å². The van der Waals surface area contributed by atoms with Crippen LogP contribution < -0.4 is 4.72 Å². The number of carbonyl (C=O) groups is 1. The Bertz CT molecular complexity index is 1130. The molecule has 0 aliphatic carbocycles. The number of likely N-dealkylation sites (tertiary alicyclic amines) is 1. The molecule has 0 radical (unpaired) electrons. The number of hydrogen-bond acceptors (Lipinski definition) is 5. The molecule has 1 N–H and O–H groups in total. The molecule has 1 aliphatic heterocycles. The molecule has 3 aromatic rings. The molecule has 1 amide bonds. The lowest BCUT2D eigenvalue weighted by molar-refractivity contribution is 0.0673. The van der Waals surface area contributed by atoms with E-state index in [9.17, 15) is 17.6 Å². The van der Waals surface area contributed by atoms with Gasteiger partial charge in [-0.1, -0.05) is 12.1 Å². The van der Waals surface area contributed by atoms with Crippen LogP contribution in [-0.4, -0.2) is 37.3 Å². The van der Waals surface area contributed by atoms with Crippen LogP contribution >= 0.6 is 11.3 Å². The summed E-state index contributed by atoms with van der Waals surface area (Å²) in [5.41, 5.74) is 1.51. The number of piperidine rings is 1. The van der Waals surface area contributed by atoms with Crippen LogP contribution in [0.15, 0.2) is 65.0 Å². The number of thiazole rings is 1. The summed E-state index contributed by atoms with van der Waals surface area (Å²) in [6, 6.07) is 12.4. The minimum atomic E-state index is -3.75. The molecule has 1 unspecified atom stereocenters. The molecule has 6 nitrogen and oxygen atoms in total. The van der Waals surface area contributed by atoms with Crippen LogP contribution in [0.3, 0.4) is 0 Å². The first-order valence-electron chi connectivity index (χ1n) is 9.97. The molecule has 4 rings (SSSR count). The lowest BCUT2D eigenvalue weighted by atomic mass is 9.91. The van der Waals surface area contributed by atoms with Gasteiger partial charge >= 0.3 is 0 Å². The Kier molecular flexibility index (Phi) is 6.33. The minimum absolute atomic E-state index is 0.0760. The topological polar surface area (TPSA) is 79.4 Å². The zero-order valence-corrected chi connectivity index (χ0v) is 18.3. The summed E-state index contributed by atoms with van der Waals surface area (Å²) >= 11 is 1.19. The third kappa shape index (κ3) is 5.29. The quantitative estimate of drug-likeness (QED) is 0.600. The average molecular weight is 460 g/mol. The number of rotatable bonds is 6. The Labute approximate surface area is 184 Å². The summed E-state index contributed by atoms with van der Waals surface area (Å²) in [6.45, 7) is 1.30. The summed E-state index contributed by atoms with van der Waals surface area (Å²) in [6.07, 6.45) is 4.23. The van der Waals surface area contributed by atoms with Crippen molar-refractivity contribution in [3.05, 3.63) is 77.1 Å². The number of nitrogens with one attached hydrogen (secondary N) is 1. The van der Waals surface area contributed by atoms with E-state index in [4.69, 9.17) is 0 Å². The third-order valence-corrected chi connectivity index (χ3v) is 7.48. The summed E-state index contributed by atoms with van der Waals surface area (Å²) in [5.74, 6) is -0.0533. The maximum Gasteiger partial charge on any atom is 0.263 e. The van der Waals surface area contributed by atoms with E-state index in [0.717, 1.165) is 24.8 Å². The van der Waals surface area contributed by atoms with Gasteiger partial charge in [0.05, 0.1) is 4.90 Å². The van der Waals surface area contributed by atoms with E-state index >= 15 is 0 Å². The molecule has 162 valence electrons. The number of halogens is 1. The van der Waals surface area contributed by atoms with Gasteiger partial charge in [-0.2, -0.15) is 0 Å². The van der Waals surface area contributed by atoms with Crippen molar-refractivity contribution in [2.24, 2.45) is 5.92 Å². The maximum absolute atomic E-state index is 13.1. The number of amides is 1. The predicted octanol–water partition coefficient (Wildman–Crippen LogP) is 4.18. The fourth-order valence-corrected chi connectivity index (χ4v) is 5.57. The largest absolute Gasteiger partial charge is 0.338 e. The van der Waals surface area contributed by atoms with Crippen molar-refractivity contribution < 1.29 is 17.6 Å². The van der Waals surface area contributed by atoms with Gasteiger partial charge < -0.3 is 4.90 Å². The van der Waals surface area contributed by atoms with E-state index in [2.05, 4.69) is 9.71 Å². The summed E-state index contributed by atoms with van der Waals surface area (Å²) < 4.78 is 40.5. The molecule has 1 atom stereocenters. The van der Waals surface area contributed by atoms with Gasteiger partial charge in [-0.15, -0.1) is 11.3 Å². The van der Waals surface area contributed by atoms with Gasteiger partial charge in [-0.3, -0.25) is 9.52 Å². The highest BCUT2D eigenvalue weighted by Gasteiger charge is 2.25. The second-order valence-corrected chi connectivity index (χ2v) is 10.1. The molecule has 0 bridgehead atoms. The second kappa shape index (κ2) is 9.15. The normalized spacial score (nSPS) is 16.8. The van der Waals surface area contributed by atoms with Gasteiger partial charge in [-0.05, 0) is 67.1 Å². The van der Waals surface area contributed by atoms with Crippen LogP contribution in [0.2, 0.25) is 0 Å². The number of hydrogen-bond donors (Lipinski definition) is 1. The Hall–Kier alpha value is -2.78. The molecule has 0 spiro atoms. The lowest BCUT2D eigenvalue weighted by Gasteiger charge is -2.33. The first-order valence-corrected chi connectivity index (χ1v) is 12.3. The number of anilines is 1. The Morgan fingerprint density at radius 2 is 1.90 bits per heavy atom. The number of benzene rings is 2. The van der Waals surface area contributed by atoms with Crippen LogP contribution in [0.4, 0.5) is 9.52 Å². The van der Waals surface area contributed by atoms with Crippen molar-refractivity contribution >= 4 is 32.4 Å². The maximum atomic E-state index is 13.1. The molecule has 2 heterocycles. The van der Waals surface area contributed by atoms with Gasteiger partial charge in [0, 0.05) is 30.2 Å². The zero-order valence-electron chi connectivity index (χ0n) is 16.7. The second-order valence-electron chi connectivity index (χ2n) is 7.56. The first kappa shape index (κ1) is 21.5. The molecule has 2 aromatic carbocycles. The molecule has 9 heteroatoms. The first-order chi connectivity index (χ1) is 14.9. The van der Waals surface area contributed by atoms with Crippen LogP contribution in [-0.2, 0) is 16.4 Å². The van der Waals surface area contributed by atoms with Gasteiger partial charge in [0.2, 0.25) is 0 Å². The van der Waals surface area contributed by atoms with E-state index in [-0.39, 0.29) is 16.6 Å². The molecular weight excluding hydrogens is 437 g/mol. The fraction of sp³-hybridized carbons (Fsp3) is 0.273. The van der Waals surface area contributed by atoms with Gasteiger partial charge in [0.25, 0.3) is 15.9 Å². The molecule has 1 aliphatic rings. The fourth-order valence-electron chi connectivity index (χ4n) is 3.78. The van der Waals surface area contributed by atoms with E-state index in [1.807, 2.05) is 4.90 Å². The molecule has 1 aromatic heterocycles. The summed E-state index contributed by atoms with van der Waals surface area (Å²) in [4.78, 5) is 18.8. The Balaban J connectivity index is 1.41. The van der Waals surface area contributed by atoms with E-state index in [0.29, 0.717) is 29.7 Å². The van der Waals surface area contributed by atoms with Crippen LogP contribution in [0, 0.1) is 11.7 Å². The van der Waals surface area contributed by atoms with Crippen molar-refractivity contribution in [1.29, 1.82) is 0 Å². The number of aromatic nitrogens is 1. The molecule has 0 saturated carbocycles. The third-order valence-electron chi connectivity index (χ3n) is 5.31. The van der Waals surface area contributed by atoms with Crippen LogP contribution in [0.25, 0.3) is 0 Å². The smallest absolute Gasteiger partial charge is 0.263 e. The van der Waals surface area contributed by atoms with E-state index in [1.165, 1.54) is 41.8 Å². The molecule has 31 heavy (non-hydrogen) atoms. The standard InChI is InChI=1S/C22H22FN3O3S2/c23-19-7-3-16(4-8-19)14-17-2-1-12-26(15-17)21(27)18-5-9-20(10-6-18)31(28,29)25-22-24-11-13-30-22/h3-11,13,17H,1-2,12,14-15H2,(H,24,25). The number of nitrogens with zero attached hydrogens (tertiary/aromatic N) is 2. The van der Waals surface area contributed by atoms with Crippen LogP contribution in [0.1, 0.15) is 28.8 Å². The number of sulfonamides is 1. The number of carbonyl (C=O) groups excluding carboxylic acids is 1. The van der Waals surface area contributed by atoms with Crippen molar-refractivity contribution in [3.63, 3.8) is 0 Å². The summed E-state index contributed by atoms with van der Waals surface area (Å²) in [7, 11) is -3.75. The van der Waals surface area contributed by atoms with Gasteiger partial charge in [0.1, 0.15) is 5.82 Å². The van der Waals surface area contributed by atoms with Crippen LogP contribution in [0.5, 0.6) is 0 Å². The highest BCUT2D eigenvalue weighted by Crippen LogP contribution is 2.23. The minimum Gasteiger partial charge on any atom is -0.338 e. The average Bonchev–Trinajstić information content (AvgIpc) is 3.27. The van der Waals surface area contributed by atoms with E-state index in [1.54, 1.807) is 29.6 Å². The lowest BCUT2D eigenvalue weighted by Crippen LogP contribution is -2.40.